The van der Waals surface area contributed by atoms with E-state index in [1.165, 1.54) is 5.56 Å². The SMILES string of the molecule is CC(C)C[C@H](c1cc(I)c(O)c(I)c1)N1CCNCC1.Cl.Cl. The molecule has 0 saturated carbocycles. The lowest BCUT2D eigenvalue weighted by molar-refractivity contribution is 0.154. The van der Waals surface area contributed by atoms with Gasteiger partial charge in [0, 0.05) is 32.2 Å². The van der Waals surface area contributed by atoms with E-state index >= 15 is 0 Å². The second-order valence-corrected chi connectivity index (χ2v) is 8.09. The molecule has 1 fully saturated rings. The Bertz CT molecular complexity index is 446. The monoisotopic (exact) mass is 572 g/mol. The van der Waals surface area contributed by atoms with Crippen LogP contribution in [0.4, 0.5) is 0 Å². The van der Waals surface area contributed by atoms with Gasteiger partial charge in [0.15, 0.2) is 0 Å². The molecule has 1 aromatic rings. The predicted octanol–water partition coefficient (Wildman–Crippen LogP) is 4.44. The van der Waals surface area contributed by atoms with Crippen molar-refractivity contribution in [2.45, 2.75) is 26.3 Å². The van der Waals surface area contributed by atoms with Gasteiger partial charge < -0.3 is 10.4 Å². The number of phenols is 1. The summed E-state index contributed by atoms with van der Waals surface area (Å²) in [5, 5.41) is 13.4. The summed E-state index contributed by atoms with van der Waals surface area (Å²) in [5.74, 6) is 1.08. The highest BCUT2D eigenvalue weighted by molar-refractivity contribution is 14.1. The van der Waals surface area contributed by atoms with Gasteiger partial charge in [0.1, 0.15) is 5.75 Å². The lowest BCUT2D eigenvalue weighted by Crippen LogP contribution is -2.45. The Morgan fingerprint density at radius 3 is 2.09 bits per heavy atom. The minimum atomic E-state index is 0. The summed E-state index contributed by atoms with van der Waals surface area (Å²) >= 11 is 4.46. The molecule has 0 aromatic heterocycles. The van der Waals surface area contributed by atoms with Crippen LogP contribution >= 0.6 is 70.0 Å². The van der Waals surface area contributed by atoms with Gasteiger partial charge in [-0.3, -0.25) is 4.90 Å². The zero-order valence-corrected chi connectivity index (χ0v) is 18.8. The van der Waals surface area contributed by atoms with E-state index in [2.05, 4.69) is 81.4 Å². The van der Waals surface area contributed by atoms with E-state index in [1.54, 1.807) is 0 Å². The standard InChI is InChI=1S/C15H22I2N2O.2ClH/c1-10(2)7-14(19-5-3-18-4-6-19)11-8-12(16)15(20)13(17)9-11;;/h8-10,14,18,20H,3-7H2,1-2H3;2*1H/t14-;;/m1../s1. The number of hydrogen-bond acceptors (Lipinski definition) is 3. The summed E-state index contributed by atoms with van der Waals surface area (Å²) in [6.07, 6.45) is 1.16. The second-order valence-electron chi connectivity index (χ2n) is 5.76. The minimum Gasteiger partial charge on any atom is -0.506 e. The number of aromatic hydroxyl groups is 1. The summed E-state index contributed by atoms with van der Waals surface area (Å²) in [4.78, 5) is 2.58. The third-order valence-electron chi connectivity index (χ3n) is 3.71. The predicted molar refractivity (Wildman–Crippen MR) is 115 cm³/mol. The van der Waals surface area contributed by atoms with Crippen molar-refractivity contribution in [3.05, 3.63) is 24.8 Å². The van der Waals surface area contributed by atoms with Gasteiger partial charge >= 0.3 is 0 Å². The molecular formula is C15H24Cl2I2N2O. The molecule has 1 aliphatic rings. The Morgan fingerprint density at radius 1 is 1.14 bits per heavy atom. The Labute approximate surface area is 173 Å². The van der Waals surface area contributed by atoms with Gasteiger partial charge in [-0.1, -0.05) is 13.8 Å². The Morgan fingerprint density at radius 2 is 1.64 bits per heavy atom. The van der Waals surface area contributed by atoms with Crippen LogP contribution in [0.25, 0.3) is 0 Å². The topological polar surface area (TPSA) is 35.5 Å². The van der Waals surface area contributed by atoms with E-state index in [-0.39, 0.29) is 24.8 Å². The summed E-state index contributed by atoms with van der Waals surface area (Å²) < 4.78 is 1.90. The number of benzene rings is 1. The largest absolute Gasteiger partial charge is 0.506 e. The van der Waals surface area contributed by atoms with E-state index < -0.39 is 0 Å². The van der Waals surface area contributed by atoms with E-state index in [1.807, 2.05) is 0 Å². The smallest absolute Gasteiger partial charge is 0.142 e. The molecule has 3 nitrogen and oxygen atoms in total. The number of nitrogens with zero attached hydrogens (tertiary/aromatic N) is 1. The van der Waals surface area contributed by atoms with Crippen molar-refractivity contribution in [1.29, 1.82) is 0 Å². The lowest BCUT2D eigenvalue weighted by atomic mass is 9.95. The highest BCUT2D eigenvalue weighted by Crippen LogP contribution is 2.34. The van der Waals surface area contributed by atoms with Crippen molar-refractivity contribution in [2.24, 2.45) is 5.92 Å². The van der Waals surface area contributed by atoms with Gasteiger partial charge in [-0.15, -0.1) is 24.8 Å². The van der Waals surface area contributed by atoms with Gasteiger partial charge in [-0.25, -0.2) is 0 Å². The lowest BCUT2D eigenvalue weighted by Gasteiger charge is -2.36. The quantitative estimate of drug-likeness (QED) is 0.524. The molecule has 0 radical (unpaired) electrons. The normalized spacial score (nSPS) is 16.8. The number of halogens is 4. The molecule has 0 bridgehead atoms. The fourth-order valence-corrected chi connectivity index (χ4v) is 4.53. The average Bonchev–Trinajstić information content (AvgIpc) is 2.42. The van der Waals surface area contributed by atoms with Crippen molar-refractivity contribution in [2.75, 3.05) is 26.2 Å². The number of nitrogens with one attached hydrogen (secondary N) is 1. The molecule has 7 heteroatoms. The highest BCUT2D eigenvalue weighted by atomic mass is 127. The number of hydrogen-bond donors (Lipinski definition) is 2. The highest BCUT2D eigenvalue weighted by Gasteiger charge is 2.24. The fourth-order valence-electron chi connectivity index (χ4n) is 2.71. The van der Waals surface area contributed by atoms with Crippen LogP contribution in [0.1, 0.15) is 31.9 Å². The molecule has 0 spiro atoms. The molecule has 0 unspecified atom stereocenters. The fraction of sp³-hybridized carbons (Fsp3) is 0.600. The van der Waals surface area contributed by atoms with Crippen molar-refractivity contribution in [1.82, 2.24) is 10.2 Å². The third-order valence-corrected chi connectivity index (χ3v) is 5.36. The molecular weight excluding hydrogens is 549 g/mol. The summed E-state index contributed by atoms with van der Waals surface area (Å²) in [7, 11) is 0. The van der Waals surface area contributed by atoms with Crippen LogP contribution in [0, 0.1) is 13.1 Å². The zero-order valence-electron chi connectivity index (χ0n) is 12.8. The first-order chi connectivity index (χ1) is 9.49. The van der Waals surface area contributed by atoms with Gasteiger partial charge in [-0.05, 0) is 75.2 Å². The molecule has 1 aliphatic heterocycles. The van der Waals surface area contributed by atoms with E-state index in [0.29, 0.717) is 17.7 Å². The first-order valence-corrected chi connectivity index (χ1v) is 9.27. The van der Waals surface area contributed by atoms with Crippen molar-refractivity contribution < 1.29 is 5.11 Å². The maximum Gasteiger partial charge on any atom is 0.142 e. The van der Waals surface area contributed by atoms with Crippen molar-refractivity contribution >= 4 is 70.0 Å². The maximum atomic E-state index is 9.97. The van der Waals surface area contributed by atoms with Crippen LogP contribution in [0.5, 0.6) is 5.75 Å². The average molecular weight is 573 g/mol. The molecule has 1 aromatic carbocycles. The minimum absolute atomic E-state index is 0. The summed E-state index contributed by atoms with van der Waals surface area (Å²) in [5.41, 5.74) is 1.34. The van der Waals surface area contributed by atoms with Crippen LogP contribution in [0.15, 0.2) is 12.1 Å². The van der Waals surface area contributed by atoms with Gasteiger partial charge in [0.05, 0.1) is 7.14 Å². The number of rotatable bonds is 4. The van der Waals surface area contributed by atoms with Crippen LogP contribution in [-0.4, -0.2) is 36.2 Å². The Balaban J connectivity index is 0.00000220. The first-order valence-electron chi connectivity index (χ1n) is 7.11. The molecule has 2 N–H and O–H groups in total. The molecule has 22 heavy (non-hydrogen) atoms. The van der Waals surface area contributed by atoms with E-state index in [9.17, 15) is 5.11 Å². The van der Waals surface area contributed by atoms with Gasteiger partial charge in [0.2, 0.25) is 0 Å². The van der Waals surface area contributed by atoms with E-state index in [0.717, 1.165) is 39.7 Å². The number of piperazine rings is 1. The molecule has 2 rings (SSSR count). The van der Waals surface area contributed by atoms with E-state index in [4.69, 9.17) is 0 Å². The zero-order chi connectivity index (χ0) is 14.7. The molecule has 0 aliphatic carbocycles. The first kappa shape index (κ1) is 23.0. The molecule has 128 valence electrons. The Hall–Kier alpha value is 0.980. The second kappa shape index (κ2) is 10.8. The molecule has 0 amide bonds. The van der Waals surface area contributed by atoms with Crippen LogP contribution in [-0.2, 0) is 0 Å². The van der Waals surface area contributed by atoms with Crippen LogP contribution in [0.3, 0.4) is 0 Å². The van der Waals surface area contributed by atoms with Crippen molar-refractivity contribution in [3.63, 3.8) is 0 Å². The summed E-state index contributed by atoms with van der Waals surface area (Å²) in [6, 6.07) is 4.75. The van der Waals surface area contributed by atoms with Gasteiger partial charge in [0.25, 0.3) is 0 Å². The molecule has 1 atom stereocenters. The Kier molecular flexibility index (Phi) is 11.2. The third kappa shape index (κ3) is 6.12. The van der Waals surface area contributed by atoms with Gasteiger partial charge in [-0.2, -0.15) is 0 Å². The number of phenolic OH excluding ortho intramolecular Hbond substituents is 1. The van der Waals surface area contributed by atoms with Crippen molar-refractivity contribution in [3.8, 4) is 5.75 Å². The molecule has 1 saturated heterocycles. The van der Waals surface area contributed by atoms with Crippen LogP contribution in [0.2, 0.25) is 0 Å². The maximum absolute atomic E-state index is 9.97. The van der Waals surface area contributed by atoms with Crippen LogP contribution < -0.4 is 5.32 Å². The summed E-state index contributed by atoms with van der Waals surface area (Å²) in [6.45, 7) is 8.91. The molecule has 1 heterocycles.